The van der Waals surface area contributed by atoms with Crippen molar-refractivity contribution >= 4 is 0 Å². The van der Waals surface area contributed by atoms with Gasteiger partial charge < -0.3 is 15.1 Å². The molecule has 1 atom stereocenters. The standard InChI is InChI=1S/C14H24FN3/c1-16-14(11-18(4)10-9-17(2)3)12-7-5-6-8-13(12)15/h5-8,14,16H,9-11H2,1-4H3. The maximum atomic E-state index is 13.7. The average molecular weight is 253 g/mol. The van der Waals surface area contributed by atoms with Gasteiger partial charge in [0.25, 0.3) is 0 Å². The number of halogens is 1. The lowest BCUT2D eigenvalue weighted by atomic mass is 10.1. The van der Waals surface area contributed by atoms with Crippen LogP contribution in [0.3, 0.4) is 0 Å². The Labute approximate surface area is 110 Å². The van der Waals surface area contributed by atoms with Crippen molar-refractivity contribution in [2.45, 2.75) is 6.04 Å². The molecular weight excluding hydrogens is 229 g/mol. The van der Waals surface area contributed by atoms with Crippen LogP contribution in [0, 0.1) is 5.82 Å². The van der Waals surface area contributed by atoms with Crippen LogP contribution in [0.1, 0.15) is 11.6 Å². The summed E-state index contributed by atoms with van der Waals surface area (Å²) in [7, 11) is 8.05. The molecule has 0 spiro atoms. The van der Waals surface area contributed by atoms with E-state index in [-0.39, 0.29) is 11.9 Å². The number of hydrogen-bond acceptors (Lipinski definition) is 3. The van der Waals surface area contributed by atoms with Gasteiger partial charge in [-0.15, -0.1) is 0 Å². The molecule has 102 valence electrons. The summed E-state index contributed by atoms with van der Waals surface area (Å²) in [5, 5.41) is 3.18. The van der Waals surface area contributed by atoms with E-state index in [0.29, 0.717) is 0 Å². The van der Waals surface area contributed by atoms with E-state index in [9.17, 15) is 4.39 Å². The molecule has 0 radical (unpaired) electrons. The number of benzene rings is 1. The smallest absolute Gasteiger partial charge is 0.128 e. The van der Waals surface area contributed by atoms with E-state index in [0.717, 1.165) is 25.2 Å². The first-order chi connectivity index (χ1) is 8.54. The van der Waals surface area contributed by atoms with Gasteiger partial charge in [-0.05, 0) is 34.3 Å². The molecule has 0 heterocycles. The third-order valence-electron chi connectivity index (χ3n) is 3.05. The van der Waals surface area contributed by atoms with Gasteiger partial charge in [0.05, 0.1) is 0 Å². The highest BCUT2D eigenvalue weighted by atomic mass is 19.1. The van der Waals surface area contributed by atoms with Crippen molar-refractivity contribution in [1.29, 1.82) is 0 Å². The molecule has 0 aliphatic heterocycles. The molecule has 1 aromatic rings. The minimum absolute atomic E-state index is 0.0263. The summed E-state index contributed by atoms with van der Waals surface area (Å²) in [5.41, 5.74) is 0.733. The van der Waals surface area contributed by atoms with E-state index < -0.39 is 0 Å². The van der Waals surface area contributed by atoms with Crippen LogP contribution >= 0.6 is 0 Å². The van der Waals surface area contributed by atoms with E-state index in [1.807, 2.05) is 19.2 Å². The first-order valence-corrected chi connectivity index (χ1v) is 6.29. The Bertz CT molecular complexity index is 355. The normalized spacial score (nSPS) is 13.3. The second kappa shape index (κ2) is 7.46. The number of rotatable bonds is 7. The number of likely N-dealkylation sites (N-methyl/N-ethyl adjacent to an activating group) is 3. The summed E-state index contributed by atoms with van der Waals surface area (Å²) in [6.07, 6.45) is 0. The molecule has 3 nitrogen and oxygen atoms in total. The molecule has 0 bridgehead atoms. The van der Waals surface area contributed by atoms with Gasteiger partial charge in [-0.25, -0.2) is 4.39 Å². The Morgan fingerprint density at radius 2 is 1.83 bits per heavy atom. The topological polar surface area (TPSA) is 18.5 Å². The highest BCUT2D eigenvalue weighted by Gasteiger charge is 2.15. The lowest BCUT2D eigenvalue weighted by Crippen LogP contribution is -2.35. The van der Waals surface area contributed by atoms with Crippen molar-refractivity contribution in [3.63, 3.8) is 0 Å². The van der Waals surface area contributed by atoms with Gasteiger partial charge in [-0.3, -0.25) is 0 Å². The summed E-state index contributed by atoms with van der Waals surface area (Å²) < 4.78 is 13.7. The molecule has 1 aromatic carbocycles. The molecule has 0 fully saturated rings. The predicted molar refractivity (Wildman–Crippen MR) is 74.3 cm³/mol. The first kappa shape index (κ1) is 15.1. The van der Waals surface area contributed by atoms with E-state index in [1.54, 1.807) is 6.07 Å². The van der Waals surface area contributed by atoms with Crippen molar-refractivity contribution in [3.05, 3.63) is 35.6 Å². The Kier molecular flexibility index (Phi) is 6.25. The summed E-state index contributed by atoms with van der Waals surface area (Å²) in [4.78, 5) is 4.36. The summed E-state index contributed by atoms with van der Waals surface area (Å²) in [6.45, 7) is 2.77. The van der Waals surface area contributed by atoms with Gasteiger partial charge in [0.2, 0.25) is 0 Å². The lowest BCUT2D eigenvalue weighted by molar-refractivity contribution is 0.258. The molecule has 0 aromatic heterocycles. The summed E-state index contributed by atoms with van der Waals surface area (Å²) in [5.74, 6) is -0.141. The second-order valence-corrected chi connectivity index (χ2v) is 4.93. The first-order valence-electron chi connectivity index (χ1n) is 6.29. The minimum atomic E-state index is -0.141. The fourth-order valence-electron chi connectivity index (χ4n) is 1.88. The fraction of sp³-hybridized carbons (Fsp3) is 0.571. The highest BCUT2D eigenvalue weighted by molar-refractivity contribution is 5.21. The highest BCUT2D eigenvalue weighted by Crippen LogP contribution is 2.17. The molecule has 0 aliphatic rings. The lowest BCUT2D eigenvalue weighted by Gasteiger charge is -2.25. The molecule has 0 saturated carbocycles. The van der Waals surface area contributed by atoms with Gasteiger partial charge in [0.15, 0.2) is 0 Å². The van der Waals surface area contributed by atoms with Gasteiger partial charge in [-0.1, -0.05) is 18.2 Å². The van der Waals surface area contributed by atoms with Gasteiger partial charge in [0.1, 0.15) is 5.82 Å². The third kappa shape index (κ3) is 4.72. The molecule has 4 heteroatoms. The van der Waals surface area contributed by atoms with Gasteiger partial charge >= 0.3 is 0 Å². The van der Waals surface area contributed by atoms with Crippen molar-refractivity contribution in [2.24, 2.45) is 0 Å². The molecular formula is C14H24FN3. The van der Waals surface area contributed by atoms with Crippen LogP contribution in [0.4, 0.5) is 4.39 Å². The SMILES string of the molecule is CNC(CN(C)CCN(C)C)c1ccccc1F. The molecule has 0 aliphatic carbocycles. The van der Waals surface area contributed by atoms with E-state index in [4.69, 9.17) is 0 Å². The number of nitrogens with zero attached hydrogens (tertiary/aromatic N) is 2. The maximum Gasteiger partial charge on any atom is 0.128 e. The minimum Gasteiger partial charge on any atom is -0.312 e. The fourth-order valence-corrected chi connectivity index (χ4v) is 1.88. The van der Waals surface area contributed by atoms with Crippen molar-refractivity contribution in [2.75, 3.05) is 47.8 Å². The molecule has 0 saturated heterocycles. The summed E-state index contributed by atoms with van der Waals surface area (Å²) >= 11 is 0. The van der Waals surface area contributed by atoms with Crippen molar-refractivity contribution in [1.82, 2.24) is 15.1 Å². The second-order valence-electron chi connectivity index (χ2n) is 4.93. The van der Waals surface area contributed by atoms with Crippen LogP contribution in [0.5, 0.6) is 0 Å². The Morgan fingerprint density at radius 3 is 2.39 bits per heavy atom. The van der Waals surface area contributed by atoms with Crippen LogP contribution in [0.2, 0.25) is 0 Å². The molecule has 18 heavy (non-hydrogen) atoms. The quantitative estimate of drug-likeness (QED) is 0.796. The monoisotopic (exact) mass is 253 g/mol. The Balaban J connectivity index is 2.59. The molecule has 1 rings (SSSR count). The average Bonchev–Trinajstić information content (AvgIpc) is 2.34. The number of nitrogens with one attached hydrogen (secondary N) is 1. The predicted octanol–water partition coefficient (Wildman–Crippen LogP) is 1.58. The van der Waals surface area contributed by atoms with Crippen LogP contribution in [0.25, 0.3) is 0 Å². The Morgan fingerprint density at radius 1 is 1.17 bits per heavy atom. The number of hydrogen-bond donors (Lipinski definition) is 1. The largest absolute Gasteiger partial charge is 0.312 e. The summed E-state index contributed by atoms with van der Waals surface area (Å²) in [6, 6.07) is 6.98. The van der Waals surface area contributed by atoms with E-state index >= 15 is 0 Å². The van der Waals surface area contributed by atoms with Crippen LogP contribution in [-0.2, 0) is 0 Å². The molecule has 1 unspecified atom stereocenters. The molecule has 0 amide bonds. The van der Waals surface area contributed by atoms with Gasteiger partial charge in [0, 0.05) is 31.2 Å². The van der Waals surface area contributed by atoms with Crippen molar-refractivity contribution in [3.8, 4) is 0 Å². The van der Waals surface area contributed by atoms with Crippen LogP contribution in [0.15, 0.2) is 24.3 Å². The van der Waals surface area contributed by atoms with Gasteiger partial charge in [-0.2, -0.15) is 0 Å². The Hall–Kier alpha value is -0.970. The van der Waals surface area contributed by atoms with E-state index in [1.165, 1.54) is 6.07 Å². The van der Waals surface area contributed by atoms with Crippen LogP contribution < -0.4 is 5.32 Å². The maximum absolute atomic E-state index is 13.7. The third-order valence-corrected chi connectivity index (χ3v) is 3.05. The molecule has 1 N–H and O–H groups in total. The van der Waals surface area contributed by atoms with E-state index in [2.05, 4.69) is 36.3 Å². The zero-order chi connectivity index (χ0) is 13.5. The zero-order valence-electron chi connectivity index (χ0n) is 11.8. The van der Waals surface area contributed by atoms with Crippen molar-refractivity contribution < 1.29 is 4.39 Å². The van der Waals surface area contributed by atoms with Crippen LogP contribution in [-0.4, -0.2) is 57.6 Å². The zero-order valence-corrected chi connectivity index (χ0v) is 11.8.